The molecular formula is C10H10O3. The van der Waals surface area contributed by atoms with Crippen molar-refractivity contribution in [2.45, 2.75) is 6.10 Å². The highest BCUT2D eigenvalue weighted by atomic mass is 16.6. The summed E-state index contributed by atoms with van der Waals surface area (Å²) in [6.45, 7) is 2.08. The van der Waals surface area contributed by atoms with Gasteiger partial charge in [0.15, 0.2) is 11.5 Å². The maximum Gasteiger partial charge on any atom is 0.167 e. The first-order valence-corrected chi connectivity index (χ1v) is 4.45. The molecular weight excluding hydrogens is 168 g/mol. The molecule has 1 aromatic carbocycles. The molecule has 2 aliphatic rings. The van der Waals surface area contributed by atoms with Crippen molar-refractivity contribution in [1.82, 2.24) is 0 Å². The van der Waals surface area contributed by atoms with Crippen LogP contribution in [0.25, 0.3) is 0 Å². The molecule has 0 aromatic heterocycles. The third-order valence-corrected chi connectivity index (χ3v) is 2.28. The van der Waals surface area contributed by atoms with Crippen molar-refractivity contribution in [3.63, 3.8) is 0 Å². The minimum atomic E-state index is 0.233. The smallest absolute Gasteiger partial charge is 0.167 e. The van der Waals surface area contributed by atoms with Crippen LogP contribution in [0.1, 0.15) is 11.7 Å². The number of para-hydroxylation sites is 1. The molecule has 0 radical (unpaired) electrons. The molecule has 1 saturated heterocycles. The highest BCUT2D eigenvalue weighted by Gasteiger charge is 2.30. The molecule has 0 N–H and O–H groups in total. The van der Waals surface area contributed by atoms with Gasteiger partial charge in [0.2, 0.25) is 0 Å². The Kier molecular flexibility index (Phi) is 1.46. The molecule has 3 rings (SSSR count). The monoisotopic (exact) mass is 178 g/mol. The van der Waals surface area contributed by atoms with Gasteiger partial charge in [0, 0.05) is 5.56 Å². The number of benzene rings is 1. The zero-order chi connectivity index (χ0) is 8.67. The fourth-order valence-electron chi connectivity index (χ4n) is 1.58. The van der Waals surface area contributed by atoms with Gasteiger partial charge in [-0.05, 0) is 6.07 Å². The molecule has 3 heteroatoms. The molecule has 1 unspecified atom stereocenters. The Bertz CT molecular complexity index is 331. The van der Waals surface area contributed by atoms with Crippen LogP contribution in [0.5, 0.6) is 11.5 Å². The van der Waals surface area contributed by atoms with Crippen molar-refractivity contribution in [3.05, 3.63) is 23.8 Å². The summed E-state index contributed by atoms with van der Waals surface area (Å²) in [5.74, 6) is 1.72. The van der Waals surface area contributed by atoms with Crippen LogP contribution in [-0.4, -0.2) is 19.8 Å². The molecule has 1 atom stereocenters. The second-order valence-corrected chi connectivity index (χ2v) is 3.19. The summed E-state index contributed by atoms with van der Waals surface area (Å²) < 4.78 is 16.2. The zero-order valence-corrected chi connectivity index (χ0v) is 7.16. The fraction of sp³-hybridized carbons (Fsp3) is 0.400. The predicted octanol–water partition coefficient (Wildman–Crippen LogP) is 1.53. The number of fused-ring (bicyclic) bond motifs is 1. The second-order valence-electron chi connectivity index (χ2n) is 3.19. The first-order valence-electron chi connectivity index (χ1n) is 4.45. The molecule has 0 bridgehead atoms. The lowest BCUT2D eigenvalue weighted by Gasteiger charge is -2.20. The van der Waals surface area contributed by atoms with E-state index in [1.807, 2.05) is 18.2 Å². The molecule has 2 heterocycles. The number of hydrogen-bond donors (Lipinski definition) is 0. The van der Waals surface area contributed by atoms with E-state index in [0.29, 0.717) is 13.2 Å². The van der Waals surface area contributed by atoms with E-state index in [4.69, 9.17) is 14.2 Å². The van der Waals surface area contributed by atoms with Crippen molar-refractivity contribution >= 4 is 0 Å². The molecule has 0 spiro atoms. The largest absolute Gasteiger partial charge is 0.486 e. The molecule has 68 valence electrons. The van der Waals surface area contributed by atoms with E-state index >= 15 is 0 Å². The standard InChI is InChI=1S/C10H10O3/c1-2-7(9-6-13-9)10-8(3-1)11-4-5-12-10/h1-3,9H,4-6H2. The van der Waals surface area contributed by atoms with Gasteiger partial charge >= 0.3 is 0 Å². The molecule has 1 aromatic rings. The SMILES string of the molecule is c1cc2c(c(C3CO3)c1)OCCO2. The number of rotatable bonds is 1. The third-order valence-electron chi connectivity index (χ3n) is 2.28. The quantitative estimate of drug-likeness (QED) is 0.611. The Balaban J connectivity index is 2.07. The maximum absolute atomic E-state index is 5.55. The Hall–Kier alpha value is -1.22. The van der Waals surface area contributed by atoms with Gasteiger partial charge in [0.25, 0.3) is 0 Å². The van der Waals surface area contributed by atoms with Crippen LogP contribution in [0.15, 0.2) is 18.2 Å². The van der Waals surface area contributed by atoms with Gasteiger partial charge in [0.1, 0.15) is 19.3 Å². The highest BCUT2D eigenvalue weighted by Crippen LogP contribution is 2.42. The lowest BCUT2D eigenvalue weighted by atomic mass is 10.1. The van der Waals surface area contributed by atoms with Crippen LogP contribution in [0.3, 0.4) is 0 Å². The topological polar surface area (TPSA) is 31.0 Å². The molecule has 13 heavy (non-hydrogen) atoms. The molecule has 0 saturated carbocycles. The first kappa shape index (κ1) is 7.21. The van der Waals surface area contributed by atoms with Crippen LogP contribution in [0.4, 0.5) is 0 Å². The van der Waals surface area contributed by atoms with Gasteiger partial charge in [-0.25, -0.2) is 0 Å². The van der Waals surface area contributed by atoms with Gasteiger partial charge in [-0.15, -0.1) is 0 Å². The van der Waals surface area contributed by atoms with Crippen LogP contribution in [0.2, 0.25) is 0 Å². The summed E-state index contributed by atoms with van der Waals surface area (Å²) >= 11 is 0. The summed E-state index contributed by atoms with van der Waals surface area (Å²) in [7, 11) is 0. The van der Waals surface area contributed by atoms with Crippen molar-refractivity contribution in [2.24, 2.45) is 0 Å². The van der Waals surface area contributed by atoms with Crippen LogP contribution in [-0.2, 0) is 4.74 Å². The summed E-state index contributed by atoms with van der Waals surface area (Å²) in [4.78, 5) is 0. The van der Waals surface area contributed by atoms with Crippen molar-refractivity contribution in [1.29, 1.82) is 0 Å². The average Bonchev–Trinajstić information content (AvgIpc) is 3.00. The Morgan fingerprint density at radius 2 is 2.00 bits per heavy atom. The Labute approximate surface area is 76.2 Å². The van der Waals surface area contributed by atoms with Crippen LogP contribution < -0.4 is 9.47 Å². The average molecular weight is 178 g/mol. The van der Waals surface area contributed by atoms with E-state index in [9.17, 15) is 0 Å². The maximum atomic E-state index is 5.55. The normalized spacial score (nSPS) is 24.2. The van der Waals surface area contributed by atoms with E-state index in [2.05, 4.69) is 0 Å². The van der Waals surface area contributed by atoms with E-state index in [-0.39, 0.29) is 6.10 Å². The van der Waals surface area contributed by atoms with Crippen molar-refractivity contribution in [2.75, 3.05) is 19.8 Å². The van der Waals surface area contributed by atoms with E-state index in [0.717, 1.165) is 23.7 Å². The second kappa shape index (κ2) is 2.64. The van der Waals surface area contributed by atoms with Crippen molar-refractivity contribution in [3.8, 4) is 11.5 Å². The van der Waals surface area contributed by atoms with Gasteiger partial charge in [0.05, 0.1) is 6.61 Å². The molecule has 0 amide bonds. The highest BCUT2D eigenvalue weighted by molar-refractivity contribution is 5.49. The zero-order valence-electron chi connectivity index (χ0n) is 7.16. The van der Waals surface area contributed by atoms with Gasteiger partial charge < -0.3 is 14.2 Å². The summed E-state index contributed by atoms with van der Waals surface area (Å²) in [5, 5.41) is 0. The Morgan fingerprint density at radius 3 is 2.85 bits per heavy atom. The van der Waals surface area contributed by atoms with Crippen LogP contribution >= 0.6 is 0 Å². The molecule has 3 nitrogen and oxygen atoms in total. The van der Waals surface area contributed by atoms with Crippen LogP contribution in [0, 0.1) is 0 Å². The van der Waals surface area contributed by atoms with Gasteiger partial charge in [-0.3, -0.25) is 0 Å². The summed E-state index contributed by atoms with van der Waals surface area (Å²) in [6, 6.07) is 5.94. The molecule has 0 aliphatic carbocycles. The molecule has 2 aliphatic heterocycles. The fourth-order valence-corrected chi connectivity index (χ4v) is 1.58. The lowest BCUT2D eigenvalue weighted by Crippen LogP contribution is -2.16. The van der Waals surface area contributed by atoms with Gasteiger partial charge in [-0.1, -0.05) is 12.1 Å². The first-order chi connectivity index (χ1) is 6.45. The summed E-state index contributed by atoms with van der Waals surface area (Å²) in [5.41, 5.74) is 1.12. The Morgan fingerprint density at radius 1 is 1.15 bits per heavy atom. The number of epoxide rings is 1. The van der Waals surface area contributed by atoms with Crippen molar-refractivity contribution < 1.29 is 14.2 Å². The van der Waals surface area contributed by atoms with E-state index in [1.54, 1.807) is 0 Å². The summed E-state index contributed by atoms with van der Waals surface area (Å²) in [6.07, 6.45) is 0.233. The molecule has 1 fully saturated rings. The number of hydrogen-bond acceptors (Lipinski definition) is 3. The number of ether oxygens (including phenoxy) is 3. The van der Waals surface area contributed by atoms with E-state index in [1.165, 1.54) is 0 Å². The minimum absolute atomic E-state index is 0.233. The lowest BCUT2D eigenvalue weighted by molar-refractivity contribution is 0.169. The minimum Gasteiger partial charge on any atom is -0.486 e. The third kappa shape index (κ3) is 1.16. The van der Waals surface area contributed by atoms with Gasteiger partial charge in [-0.2, -0.15) is 0 Å². The van der Waals surface area contributed by atoms with E-state index < -0.39 is 0 Å². The predicted molar refractivity (Wildman–Crippen MR) is 46.1 cm³/mol.